The third-order valence-electron chi connectivity index (χ3n) is 4.87. The number of rotatable bonds is 4. The van der Waals surface area contributed by atoms with Gasteiger partial charge in [0.15, 0.2) is 5.82 Å². The van der Waals surface area contributed by atoms with Gasteiger partial charge >= 0.3 is 0 Å². The number of ether oxygens (including phenoxy) is 1. The molecule has 1 aliphatic carbocycles. The Labute approximate surface area is 126 Å². The molecule has 5 heteroatoms. The smallest absolute Gasteiger partial charge is 0.231 e. The molecule has 0 amide bonds. The minimum absolute atomic E-state index is 0.276. The molecule has 1 aliphatic heterocycles. The Kier molecular flexibility index (Phi) is 5.25. The van der Waals surface area contributed by atoms with Crippen LogP contribution in [0.25, 0.3) is 0 Å². The van der Waals surface area contributed by atoms with Crippen molar-refractivity contribution in [1.29, 1.82) is 0 Å². The molecule has 2 heterocycles. The van der Waals surface area contributed by atoms with Crippen LogP contribution in [0.2, 0.25) is 0 Å². The summed E-state index contributed by atoms with van der Waals surface area (Å²) >= 11 is 0. The van der Waals surface area contributed by atoms with E-state index in [-0.39, 0.29) is 6.10 Å². The molecule has 1 saturated carbocycles. The first-order valence-electron chi connectivity index (χ1n) is 8.48. The van der Waals surface area contributed by atoms with Crippen LogP contribution in [0, 0.1) is 0 Å². The molecule has 2 aliphatic rings. The van der Waals surface area contributed by atoms with Crippen molar-refractivity contribution in [1.82, 2.24) is 15.5 Å². The van der Waals surface area contributed by atoms with Gasteiger partial charge < -0.3 is 14.6 Å². The van der Waals surface area contributed by atoms with E-state index in [9.17, 15) is 0 Å². The zero-order valence-corrected chi connectivity index (χ0v) is 13.0. The van der Waals surface area contributed by atoms with Crippen LogP contribution < -0.4 is 5.32 Å². The van der Waals surface area contributed by atoms with Gasteiger partial charge in [0.2, 0.25) is 5.89 Å². The lowest BCUT2D eigenvalue weighted by Gasteiger charge is -2.21. The number of hydrogen-bond acceptors (Lipinski definition) is 5. The average molecular weight is 293 g/mol. The molecule has 2 fully saturated rings. The predicted molar refractivity (Wildman–Crippen MR) is 80.3 cm³/mol. The topological polar surface area (TPSA) is 60.2 Å². The molecule has 1 aromatic heterocycles. The van der Waals surface area contributed by atoms with E-state index in [0.29, 0.717) is 12.0 Å². The first-order chi connectivity index (χ1) is 10.4. The van der Waals surface area contributed by atoms with Gasteiger partial charge in [0.1, 0.15) is 0 Å². The van der Waals surface area contributed by atoms with Gasteiger partial charge in [-0.2, -0.15) is 4.98 Å². The van der Waals surface area contributed by atoms with Crippen molar-refractivity contribution >= 4 is 0 Å². The van der Waals surface area contributed by atoms with Gasteiger partial charge in [-0.1, -0.05) is 24.4 Å². The molecule has 0 bridgehead atoms. The summed E-state index contributed by atoms with van der Waals surface area (Å²) in [6, 6.07) is 0.465. The Hall–Kier alpha value is -0.940. The van der Waals surface area contributed by atoms with Crippen molar-refractivity contribution in [2.24, 2.45) is 0 Å². The molecule has 5 nitrogen and oxygen atoms in total. The van der Waals surface area contributed by atoms with E-state index in [4.69, 9.17) is 9.26 Å². The Morgan fingerprint density at radius 3 is 2.76 bits per heavy atom. The lowest BCUT2D eigenvalue weighted by atomic mass is 9.95. The predicted octanol–water partition coefficient (Wildman–Crippen LogP) is 2.82. The first-order valence-corrected chi connectivity index (χ1v) is 8.48. The second-order valence-electron chi connectivity index (χ2n) is 6.38. The van der Waals surface area contributed by atoms with Crippen LogP contribution in [0.3, 0.4) is 0 Å². The zero-order chi connectivity index (χ0) is 14.5. The van der Waals surface area contributed by atoms with Crippen LogP contribution in [0.5, 0.6) is 0 Å². The molecule has 0 spiro atoms. The normalized spacial score (nSPS) is 31.0. The highest BCUT2D eigenvalue weighted by molar-refractivity contribution is 5.01. The lowest BCUT2D eigenvalue weighted by molar-refractivity contribution is 0.0153. The highest BCUT2D eigenvalue weighted by atomic mass is 16.5. The van der Waals surface area contributed by atoms with Crippen LogP contribution >= 0.6 is 0 Å². The summed E-state index contributed by atoms with van der Waals surface area (Å²) in [6.45, 7) is 0.875. The number of hydrogen-bond donors (Lipinski definition) is 1. The SMILES string of the molecule is CNC1CCCCCC1c1nc(CC2CCCCO2)no1. The number of nitrogens with zero attached hydrogens (tertiary/aromatic N) is 2. The fourth-order valence-corrected chi connectivity index (χ4v) is 3.62. The summed E-state index contributed by atoms with van der Waals surface area (Å²) < 4.78 is 11.3. The van der Waals surface area contributed by atoms with Crippen LogP contribution in [-0.4, -0.2) is 35.9 Å². The molecule has 21 heavy (non-hydrogen) atoms. The lowest BCUT2D eigenvalue weighted by Crippen LogP contribution is -2.31. The number of nitrogens with one attached hydrogen (secondary N) is 1. The Bertz CT molecular complexity index is 429. The number of likely N-dealkylation sites (N-methyl/N-ethyl adjacent to an activating group) is 1. The van der Waals surface area contributed by atoms with E-state index in [1.54, 1.807) is 0 Å². The molecular formula is C16H27N3O2. The summed E-state index contributed by atoms with van der Waals surface area (Å²) in [7, 11) is 2.04. The summed E-state index contributed by atoms with van der Waals surface area (Å²) in [5, 5.41) is 7.62. The van der Waals surface area contributed by atoms with Crippen molar-refractivity contribution in [3.05, 3.63) is 11.7 Å². The van der Waals surface area contributed by atoms with Crippen LogP contribution in [0.4, 0.5) is 0 Å². The molecule has 3 unspecified atom stereocenters. The minimum Gasteiger partial charge on any atom is -0.378 e. The molecule has 1 N–H and O–H groups in total. The Morgan fingerprint density at radius 1 is 1.10 bits per heavy atom. The van der Waals surface area contributed by atoms with Gasteiger partial charge in [-0.05, 0) is 39.2 Å². The van der Waals surface area contributed by atoms with E-state index in [0.717, 1.165) is 37.6 Å². The van der Waals surface area contributed by atoms with Crippen molar-refractivity contribution in [3.8, 4) is 0 Å². The number of aromatic nitrogens is 2. The maximum Gasteiger partial charge on any atom is 0.231 e. The second kappa shape index (κ2) is 7.36. The van der Waals surface area contributed by atoms with E-state index >= 15 is 0 Å². The molecule has 118 valence electrons. The molecule has 0 radical (unpaired) electrons. The fourth-order valence-electron chi connectivity index (χ4n) is 3.62. The fraction of sp³-hybridized carbons (Fsp3) is 0.875. The summed E-state index contributed by atoms with van der Waals surface area (Å²) in [5.41, 5.74) is 0. The van der Waals surface area contributed by atoms with E-state index in [2.05, 4.69) is 15.5 Å². The summed E-state index contributed by atoms with van der Waals surface area (Å²) in [4.78, 5) is 4.67. The molecule has 3 atom stereocenters. The highest BCUT2D eigenvalue weighted by Gasteiger charge is 2.29. The maximum absolute atomic E-state index is 5.76. The summed E-state index contributed by atoms with van der Waals surface area (Å²) in [5.74, 6) is 2.00. The van der Waals surface area contributed by atoms with Gasteiger partial charge in [0, 0.05) is 19.1 Å². The standard InChI is InChI=1S/C16H27N3O2/c1-17-14-9-4-2-3-8-13(14)16-18-15(19-21-16)11-12-7-5-6-10-20-12/h12-14,17H,2-11H2,1H3. The second-order valence-corrected chi connectivity index (χ2v) is 6.38. The molecule has 0 aromatic carbocycles. The first kappa shape index (κ1) is 15.0. The Morgan fingerprint density at radius 2 is 1.95 bits per heavy atom. The van der Waals surface area contributed by atoms with Crippen molar-refractivity contribution in [2.75, 3.05) is 13.7 Å². The van der Waals surface area contributed by atoms with Crippen LogP contribution in [0.1, 0.15) is 69.0 Å². The molecule has 1 aromatic rings. The third kappa shape index (κ3) is 3.83. The highest BCUT2D eigenvalue weighted by Crippen LogP contribution is 2.31. The largest absolute Gasteiger partial charge is 0.378 e. The van der Waals surface area contributed by atoms with Crippen molar-refractivity contribution in [2.45, 2.75) is 75.9 Å². The zero-order valence-electron chi connectivity index (χ0n) is 13.0. The Balaban J connectivity index is 1.64. The molecule has 1 saturated heterocycles. The van der Waals surface area contributed by atoms with E-state index < -0.39 is 0 Å². The average Bonchev–Trinajstić information content (AvgIpc) is 2.84. The van der Waals surface area contributed by atoms with E-state index in [1.807, 2.05) is 7.05 Å². The van der Waals surface area contributed by atoms with Gasteiger partial charge in [0.05, 0.1) is 12.0 Å². The van der Waals surface area contributed by atoms with E-state index in [1.165, 1.54) is 38.5 Å². The van der Waals surface area contributed by atoms with Gasteiger partial charge in [-0.25, -0.2) is 0 Å². The van der Waals surface area contributed by atoms with Crippen LogP contribution in [-0.2, 0) is 11.2 Å². The minimum atomic E-state index is 0.276. The van der Waals surface area contributed by atoms with Crippen molar-refractivity contribution < 1.29 is 9.26 Å². The molecular weight excluding hydrogens is 266 g/mol. The van der Waals surface area contributed by atoms with Gasteiger partial charge in [-0.15, -0.1) is 0 Å². The third-order valence-corrected chi connectivity index (χ3v) is 4.87. The van der Waals surface area contributed by atoms with Crippen LogP contribution in [0.15, 0.2) is 4.52 Å². The van der Waals surface area contributed by atoms with Gasteiger partial charge in [0.25, 0.3) is 0 Å². The maximum atomic E-state index is 5.76. The quantitative estimate of drug-likeness (QED) is 0.865. The molecule has 3 rings (SSSR count). The monoisotopic (exact) mass is 293 g/mol. The summed E-state index contributed by atoms with van der Waals surface area (Å²) in [6.07, 6.45) is 10.8. The van der Waals surface area contributed by atoms with Gasteiger partial charge in [-0.3, -0.25) is 0 Å². The van der Waals surface area contributed by atoms with Crippen molar-refractivity contribution in [3.63, 3.8) is 0 Å².